The fourth-order valence-corrected chi connectivity index (χ4v) is 4.60. The summed E-state index contributed by atoms with van der Waals surface area (Å²) in [6.07, 6.45) is 0. The minimum absolute atomic E-state index is 0.100. The van der Waals surface area contributed by atoms with Gasteiger partial charge in [-0.25, -0.2) is 0 Å². The monoisotopic (exact) mass is 458 g/mol. The maximum atomic E-state index is 13.3. The van der Waals surface area contributed by atoms with Crippen molar-refractivity contribution >= 4 is 23.0 Å². The van der Waals surface area contributed by atoms with E-state index in [0.29, 0.717) is 41.6 Å². The molecule has 32 heavy (non-hydrogen) atoms. The number of hydrogen-bond donors (Lipinski definition) is 1. The first kappa shape index (κ1) is 23.8. The van der Waals surface area contributed by atoms with Crippen molar-refractivity contribution in [3.63, 3.8) is 0 Å². The van der Waals surface area contributed by atoms with E-state index in [9.17, 15) is 14.7 Å². The summed E-state index contributed by atoms with van der Waals surface area (Å²) in [5.74, 6) is -0.267. The lowest BCUT2D eigenvalue weighted by Crippen LogP contribution is -2.38. The number of ketones is 1. The number of nitrogens with zero attached hydrogens (tertiary/aromatic N) is 2. The predicted molar refractivity (Wildman–Crippen MR) is 125 cm³/mol. The molecule has 2 heterocycles. The van der Waals surface area contributed by atoms with Crippen LogP contribution in [0.4, 0.5) is 0 Å². The van der Waals surface area contributed by atoms with Crippen LogP contribution in [0.2, 0.25) is 0 Å². The van der Waals surface area contributed by atoms with Gasteiger partial charge in [0, 0.05) is 13.1 Å². The molecule has 0 spiro atoms. The maximum Gasteiger partial charge on any atom is 0.290 e. The zero-order valence-corrected chi connectivity index (χ0v) is 19.8. The van der Waals surface area contributed by atoms with Gasteiger partial charge in [-0.1, -0.05) is 26.0 Å². The molecule has 2 aromatic rings. The third-order valence-electron chi connectivity index (χ3n) is 5.65. The van der Waals surface area contributed by atoms with Crippen LogP contribution in [0.25, 0.3) is 0 Å². The van der Waals surface area contributed by atoms with E-state index in [1.807, 2.05) is 13.0 Å². The van der Waals surface area contributed by atoms with E-state index in [1.54, 1.807) is 41.7 Å². The number of aliphatic hydroxyl groups is 1. The second-order valence-electron chi connectivity index (χ2n) is 7.34. The molecule has 1 atom stereocenters. The lowest BCUT2D eigenvalue weighted by atomic mass is 9.95. The second kappa shape index (κ2) is 10.7. The third-order valence-corrected chi connectivity index (χ3v) is 6.52. The Labute approximate surface area is 192 Å². The molecule has 1 aromatic heterocycles. The Morgan fingerprint density at radius 2 is 1.94 bits per heavy atom. The Kier molecular flexibility index (Phi) is 7.93. The maximum absolute atomic E-state index is 13.3. The zero-order valence-electron chi connectivity index (χ0n) is 19.0. The number of benzene rings is 1. The minimum Gasteiger partial charge on any atom is -0.503 e. The first-order valence-electron chi connectivity index (χ1n) is 10.8. The third kappa shape index (κ3) is 4.66. The number of amides is 1. The van der Waals surface area contributed by atoms with Gasteiger partial charge in [0.1, 0.15) is 0 Å². The van der Waals surface area contributed by atoms with Crippen LogP contribution in [0.15, 0.2) is 47.0 Å². The quantitative estimate of drug-likeness (QED) is 0.511. The molecule has 1 aromatic carbocycles. The number of carbonyl (C=O) groups excluding carboxylic acids is 2. The first-order chi connectivity index (χ1) is 15.5. The Balaban J connectivity index is 2.05. The summed E-state index contributed by atoms with van der Waals surface area (Å²) in [5, 5.41) is 12.6. The van der Waals surface area contributed by atoms with Crippen molar-refractivity contribution in [1.29, 1.82) is 0 Å². The normalized spacial score (nSPS) is 16.2. The van der Waals surface area contributed by atoms with Crippen molar-refractivity contribution in [2.45, 2.75) is 26.8 Å². The van der Waals surface area contributed by atoms with Gasteiger partial charge >= 0.3 is 0 Å². The van der Waals surface area contributed by atoms with E-state index < -0.39 is 17.7 Å². The smallest absolute Gasteiger partial charge is 0.290 e. The molecule has 0 saturated carbocycles. The zero-order chi connectivity index (χ0) is 23.3. The molecule has 172 valence electrons. The molecule has 1 N–H and O–H groups in total. The van der Waals surface area contributed by atoms with Gasteiger partial charge < -0.3 is 24.4 Å². The van der Waals surface area contributed by atoms with Gasteiger partial charge in [0.05, 0.1) is 30.2 Å². The van der Waals surface area contributed by atoms with E-state index in [0.717, 1.165) is 13.1 Å². The van der Waals surface area contributed by atoms with Gasteiger partial charge in [0.25, 0.3) is 5.91 Å². The van der Waals surface area contributed by atoms with Crippen molar-refractivity contribution in [1.82, 2.24) is 9.80 Å². The summed E-state index contributed by atoms with van der Waals surface area (Å²) in [5.41, 5.74) is 0.783. The second-order valence-corrected chi connectivity index (χ2v) is 8.29. The highest BCUT2D eigenvalue weighted by Gasteiger charge is 2.44. The van der Waals surface area contributed by atoms with Crippen molar-refractivity contribution in [3.05, 3.63) is 57.5 Å². The number of carbonyl (C=O) groups is 2. The number of ether oxygens (including phenoxy) is 2. The van der Waals surface area contributed by atoms with Gasteiger partial charge in [0.2, 0.25) is 5.78 Å². The van der Waals surface area contributed by atoms with E-state index >= 15 is 0 Å². The molecule has 7 nitrogen and oxygen atoms in total. The van der Waals surface area contributed by atoms with E-state index in [4.69, 9.17) is 9.47 Å². The topological polar surface area (TPSA) is 79.3 Å². The average Bonchev–Trinajstić information content (AvgIpc) is 3.43. The molecule has 1 aliphatic rings. The SMILES string of the molecule is CCOc1ccc(C2C(C(=O)c3cccs3)=C(O)C(=O)N2CCN(CC)CC)cc1OC. The van der Waals surface area contributed by atoms with Crippen LogP contribution in [0, 0.1) is 0 Å². The molecule has 0 aliphatic carbocycles. The minimum atomic E-state index is -0.711. The number of likely N-dealkylation sites (N-methyl/N-ethyl adjacent to an activating group) is 1. The highest BCUT2D eigenvalue weighted by atomic mass is 32.1. The summed E-state index contributed by atoms with van der Waals surface area (Å²) in [6, 6.07) is 8.13. The summed E-state index contributed by atoms with van der Waals surface area (Å²) >= 11 is 1.28. The van der Waals surface area contributed by atoms with Crippen molar-refractivity contribution in [3.8, 4) is 11.5 Å². The van der Waals surface area contributed by atoms with Gasteiger partial charge in [0.15, 0.2) is 17.3 Å². The van der Waals surface area contributed by atoms with Crippen LogP contribution in [0.5, 0.6) is 11.5 Å². The Hall–Kier alpha value is -2.84. The average molecular weight is 459 g/mol. The number of aliphatic hydroxyl groups excluding tert-OH is 1. The molecule has 1 amide bonds. The summed E-state index contributed by atoms with van der Waals surface area (Å²) in [4.78, 5) is 30.6. The molecule has 0 bridgehead atoms. The van der Waals surface area contributed by atoms with Crippen LogP contribution < -0.4 is 9.47 Å². The summed E-state index contributed by atoms with van der Waals surface area (Å²) in [7, 11) is 1.55. The highest BCUT2D eigenvalue weighted by molar-refractivity contribution is 7.12. The van der Waals surface area contributed by atoms with Gasteiger partial charge in [-0.3, -0.25) is 9.59 Å². The molecule has 1 unspecified atom stereocenters. The highest BCUT2D eigenvalue weighted by Crippen LogP contribution is 2.42. The van der Waals surface area contributed by atoms with E-state index in [2.05, 4.69) is 18.7 Å². The fourth-order valence-electron chi connectivity index (χ4n) is 3.92. The van der Waals surface area contributed by atoms with Crippen molar-refractivity contribution in [2.75, 3.05) is 39.9 Å². The first-order valence-corrected chi connectivity index (χ1v) is 11.7. The molecule has 1 aliphatic heterocycles. The van der Waals surface area contributed by atoms with Crippen LogP contribution in [0.3, 0.4) is 0 Å². The summed E-state index contributed by atoms with van der Waals surface area (Å²) in [6.45, 7) is 9.20. The Morgan fingerprint density at radius 1 is 1.19 bits per heavy atom. The van der Waals surface area contributed by atoms with Crippen LogP contribution in [-0.4, -0.2) is 66.5 Å². The molecule has 0 radical (unpaired) electrons. The number of hydrogen-bond acceptors (Lipinski definition) is 7. The number of thiophene rings is 1. The lowest BCUT2D eigenvalue weighted by molar-refractivity contribution is -0.129. The van der Waals surface area contributed by atoms with Gasteiger partial charge in [-0.15, -0.1) is 11.3 Å². The van der Waals surface area contributed by atoms with Crippen molar-refractivity contribution < 1.29 is 24.2 Å². The molecule has 0 fully saturated rings. The predicted octanol–water partition coefficient (Wildman–Crippen LogP) is 4.08. The lowest BCUT2D eigenvalue weighted by Gasteiger charge is -2.29. The number of rotatable bonds is 11. The number of methoxy groups -OCH3 is 1. The molecule has 3 rings (SSSR count). The van der Waals surface area contributed by atoms with Crippen molar-refractivity contribution in [2.24, 2.45) is 0 Å². The Bertz CT molecular complexity index is 982. The van der Waals surface area contributed by atoms with Crippen LogP contribution in [0.1, 0.15) is 42.0 Å². The van der Waals surface area contributed by atoms with E-state index in [-0.39, 0.29) is 11.4 Å². The van der Waals surface area contributed by atoms with Gasteiger partial charge in [-0.2, -0.15) is 0 Å². The molecular formula is C24H30N2O5S. The summed E-state index contributed by atoms with van der Waals surface area (Å²) < 4.78 is 11.1. The standard InChI is InChI=1S/C24H30N2O5S/c1-5-25(6-2)12-13-26-21(16-10-11-17(31-7-3)18(15-16)30-4)20(23(28)24(26)29)22(27)19-9-8-14-32-19/h8-11,14-15,21,28H,5-7,12-13H2,1-4H3. The largest absolute Gasteiger partial charge is 0.503 e. The van der Waals surface area contributed by atoms with Crippen LogP contribution in [-0.2, 0) is 4.79 Å². The van der Waals surface area contributed by atoms with Gasteiger partial charge in [-0.05, 0) is 49.2 Å². The fraction of sp³-hybridized carbons (Fsp3) is 0.417. The Morgan fingerprint density at radius 3 is 2.53 bits per heavy atom. The molecular weight excluding hydrogens is 428 g/mol. The van der Waals surface area contributed by atoms with Crippen LogP contribution >= 0.6 is 11.3 Å². The van der Waals surface area contributed by atoms with E-state index in [1.165, 1.54) is 11.3 Å². The molecule has 8 heteroatoms. The molecule has 0 saturated heterocycles. The number of Topliss-reactive ketones (excluding diaryl/α,β-unsaturated/α-hetero) is 1.